The maximum atomic E-state index is 5.94. The van der Waals surface area contributed by atoms with Crippen molar-refractivity contribution >= 4 is 31.9 Å². The first-order valence-electron chi connectivity index (χ1n) is 5.47. The summed E-state index contributed by atoms with van der Waals surface area (Å²) in [6.45, 7) is 0. The normalized spacial score (nSPS) is 27.6. The molecule has 1 fully saturated rings. The van der Waals surface area contributed by atoms with Gasteiger partial charge in [0.05, 0.1) is 4.47 Å². The summed E-state index contributed by atoms with van der Waals surface area (Å²) >= 11 is 6.91. The largest absolute Gasteiger partial charge is 0.486 e. The Bertz CT molecular complexity index is 400. The second-order valence-corrected chi connectivity index (χ2v) is 5.83. The van der Waals surface area contributed by atoms with Crippen LogP contribution in [-0.2, 0) is 4.74 Å². The first-order chi connectivity index (χ1) is 8.15. The fourth-order valence-electron chi connectivity index (χ4n) is 2.03. The minimum Gasteiger partial charge on any atom is -0.486 e. The molecule has 0 aromatic heterocycles. The van der Waals surface area contributed by atoms with Crippen molar-refractivity contribution in [3.8, 4) is 5.75 Å². The van der Waals surface area contributed by atoms with Gasteiger partial charge >= 0.3 is 0 Å². The van der Waals surface area contributed by atoms with Crippen LogP contribution < -0.4 is 10.1 Å². The van der Waals surface area contributed by atoms with E-state index in [2.05, 4.69) is 37.2 Å². The molecular weight excluding hydrogens is 350 g/mol. The smallest absolute Gasteiger partial charge is 0.134 e. The lowest BCUT2D eigenvalue weighted by Gasteiger charge is -2.43. The van der Waals surface area contributed by atoms with Crippen LogP contribution in [0, 0.1) is 0 Å². The van der Waals surface area contributed by atoms with Crippen molar-refractivity contribution < 1.29 is 9.47 Å². The highest BCUT2D eigenvalue weighted by Gasteiger charge is 2.42. The molecule has 1 saturated carbocycles. The van der Waals surface area contributed by atoms with Crippen molar-refractivity contribution in [3.63, 3.8) is 0 Å². The van der Waals surface area contributed by atoms with Crippen molar-refractivity contribution in [2.45, 2.75) is 24.7 Å². The van der Waals surface area contributed by atoms with Crippen LogP contribution >= 0.6 is 31.9 Å². The number of likely N-dealkylation sites (N-methyl/N-ethyl adjacent to an activating group) is 1. The number of halogens is 2. The number of ether oxygens (including phenoxy) is 2. The summed E-state index contributed by atoms with van der Waals surface area (Å²) in [4.78, 5) is 0. The Balaban J connectivity index is 2.02. The Kier molecular flexibility index (Phi) is 4.47. The standard InChI is InChI=1S/C12H15Br2NO2/c1-15-9-6-11(12(9)16-2)17-10-4-3-7(13)5-8(10)14/h3-5,9,11-12,15H,6H2,1-2H3. The summed E-state index contributed by atoms with van der Waals surface area (Å²) in [5.74, 6) is 0.856. The summed E-state index contributed by atoms with van der Waals surface area (Å²) in [6.07, 6.45) is 1.21. The van der Waals surface area contributed by atoms with E-state index in [0.717, 1.165) is 21.1 Å². The van der Waals surface area contributed by atoms with Gasteiger partial charge in [-0.25, -0.2) is 0 Å². The molecule has 0 aliphatic heterocycles. The van der Waals surface area contributed by atoms with Gasteiger partial charge in [0, 0.05) is 24.0 Å². The highest BCUT2D eigenvalue weighted by molar-refractivity contribution is 9.11. The lowest BCUT2D eigenvalue weighted by Crippen LogP contribution is -2.60. The van der Waals surface area contributed by atoms with Crippen LogP contribution in [0.4, 0.5) is 0 Å². The average Bonchev–Trinajstić information content (AvgIpc) is 2.26. The number of benzene rings is 1. The van der Waals surface area contributed by atoms with Gasteiger partial charge in [-0.15, -0.1) is 0 Å². The van der Waals surface area contributed by atoms with E-state index in [1.807, 2.05) is 25.2 Å². The molecule has 1 aromatic carbocycles. The molecule has 3 atom stereocenters. The molecule has 0 amide bonds. The summed E-state index contributed by atoms with van der Waals surface area (Å²) < 4.78 is 13.3. The van der Waals surface area contributed by atoms with Crippen molar-refractivity contribution in [2.75, 3.05) is 14.2 Å². The maximum Gasteiger partial charge on any atom is 0.134 e. The van der Waals surface area contributed by atoms with Gasteiger partial charge < -0.3 is 14.8 Å². The molecule has 17 heavy (non-hydrogen) atoms. The van der Waals surface area contributed by atoms with Crippen LogP contribution in [0.15, 0.2) is 27.1 Å². The van der Waals surface area contributed by atoms with Gasteiger partial charge in [-0.05, 0) is 41.2 Å². The molecule has 5 heteroatoms. The van der Waals surface area contributed by atoms with E-state index in [0.29, 0.717) is 6.04 Å². The molecule has 94 valence electrons. The van der Waals surface area contributed by atoms with E-state index in [9.17, 15) is 0 Å². The van der Waals surface area contributed by atoms with E-state index in [1.54, 1.807) is 7.11 Å². The highest BCUT2D eigenvalue weighted by Crippen LogP contribution is 2.33. The van der Waals surface area contributed by atoms with Crippen LogP contribution in [-0.4, -0.2) is 32.4 Å². The third-order valence-electron chi connectivity index (χ3n) is 3.06. The summed E-state index contributed by atoms with van der Waals surface area (Å²) in [5, 5.41) is 3.22. The van der Waals surface area contributed by atoms with Crippen LogP contribution in [0.25, 0.3) is 0 Å². The first-order valence-corrected chi connectivity index (χ1v) is 7.06. The van der Waals surface area contributed by atoms with E-state index in [4.69, 9.17) is 9.47 Å². The quantitative estimate of drug-likeness (QED) is 0.890. The van der Waals surface area contributed by atoms with Gasteiger partial charge in [0.15, 0.2) is 0 Å². The Morgan fingerprint density at radius 1 is 1.35 bits per heavy atom. The topological polar surface area (TPSA) is 30.5 Å². The van der Waals surface area contributed by atoms with Gasteiger partial charge in [-0.3, -0.25) is 0 Å². The predicted molar refractivity (Wildman–Crippen MR) is 74.5 cm³/mol. The lowest BCUT2D eigenvalue weighted by molar-refractivity contribution is -0.0872. The molecular formula is C12H15Br2NO2. The molecule has 0 bridgehead atoms. The number of nitrogens with one attached hydrogen (secondary N) is 1. The molecule has 1 aliphatic rings. The molecule has 0 heterocycles. The van der Waals surface area contributed by atoms with Gasteiger partial charge in [0.1, 0.15) is 18.0 Å². The third kappa shape index (κ3) is 2.84. The van der Waals surface area contributed by atoms with Crippen molar-refractivity contribution in [1.82, 2.24) is 5.32 Å². The minimum atomic E-state index is 0.120. The molecule has 0 saturated heterocycles. The summed E-state index contributed by atoms with van der Waals surface area (Å²) in [5.41, 5.74) is 0. The fourth-order valence-corrected chi connectivity index (χ4v) is 3.17. The van der Waals surface area contributed by atoms with Crippen LogP contribution in [0.2, 0.25) is 0 Å². The minimum absolute atomic E-state index is 0.120. The molecule has 1 N–H and O–H groups in total. The number of hydrogen-bond donors (Lipinski definition) is 1. The van der Waals surface area contributed by atoms with Crippen LogP contribution in [0.5, 0.6) is 5.75 Å². The van der Waals surface area contributed by atoms with Crippen molar-refractivity contribution in [3.05, 3.63) is 27.1 Å². The maximum absolute atomic E-state index is 5.94. The monoisotopic (exact) mass is 363 g/mol. The lowest BCUT2D eigenvalue weighted by atomic mass is 9.85. The Morgan fingerprint density at radius 3 is 2.71 bits per heavy atom. The molecule has 2 rings (SSSR count). The summed E-state index contributed by atoms with van der Waals surface area (Å²) in [6, 6.07) is 6.29. The van der Waals surface area contributed by atoms with E-state index in [-0.39, 0.29) is 12.2 Å². The van der Waals surface area contributed by atoms with Gasteiger partial charge in [-0.2, -0.15) is 0 Å². The Labute approximate surface area is 118 Å². The molecule has 3 unspecified atom stereocenters. The SMILES string of the molecule is CNC1CC(Oc2ccc(Br)cc2Br)C1OC. The van der Waals surface area contributed by atoms with Crippen molar-refractivity contribution in [2.24, 2.45) is 0 Å². The van der Waals surface area contributed by atoms with Gasteiger partial charge in [-0.1, -0.05) is 15.9 Å². The second-order valence-electron chi connectivity index (χ2n) is 4.06. The number of rotatable bonds is 4. The third-order valence-corrected chi connectivity index (χ3v) is 4.18. The van der Waals surface area contributed by atoms with E-state index in [1.165, 1.54) is 0 Å². The van der Waals surface area contributed by atoms with Gasteiger partial charge in [0.2, 0.25) is 0 Å². The number of hydrogen-bond acceptors (Lipinski definition) is 3. The van der Waals surface area contributed by atoms with Gasteiger partial charge in [0.25, 0.3) is 0 Å². The molecule has 0 spiro atoms. The molecule has 1 aromatic rings. The molecule has 0 radical (unpaired) electrons. The zero-order valence-electron chi connectivity index (χ0n) is 9.74. The Morgan fingerprint density at radius 2 is 2.12 bits per heavy atom. The van der Waals surface area contributed by atoms with Crippen LogP contribution in [0.3, 0.4) is 0 Å². The fraction of sp³-hybridized carbons (Fsp3) is 0.500. The Hall–Kier alpha value is -0.100. The zero-order valence-corrected chi connectivity index (χ0v) is 12.9. The predicted octanol–water partition coefficient (Wildman–Crippen LogP) is 2.97. The second kappa shape index (κ2) is 5.69. The molecule has 1 aliphatic carbocycles. The average molecular weight is 365 g/mol. The zero-order chi connectivity index (χ0) is 12.4. The van der Waals surface area contributed by atoms with Crippen LogP contribution in [0.1, 0.15) is 6.42 Å². The van der Waals surface area contributed by atoms with E-state index >= 15 is 0 Å². The highest BCUT2D eigenvalue weighted by atomic mass is 79.9. The summed E-state index contributed by atoms with van der Waals surface area (Å²) in [7, 11) is 3.67. The molecule has 3 nitrogen and oxygen atoms in total. The number of methoxy groups -OCH3 is 1. The van der Waals surface area contributed by atoms with E-state index < -0.39 is 0 Å². The first kappa shape index (κ1) is 13.3. The van der Waals surface area contributed by atoms with Crippen molar-refractivity contribution in [1.29, 1.82) is 0 Å².